The Balaban J connectivity index is 1.48. The summed E-state index contributed by atoms with van der Waals surface area (Å²) in [6.07, 6.45) is 1.61. The molecule has 3 aromatic carbocycles. The Morgan fingerprint density at radius 3 is 2.69 bits per heavy atom. The molecule has 1 heterocycles. The van der Waals surface area contributed by atoms with E-state index in [0.29, 0.717) is 16.7 Å². The van der Waals surface area contributed by atoms with Crippen molar-refractivity contribution in [2.24, 2.45) is 5.10 Å². The van der Waals surface area contributed by atoms with Crippen LogP contribution in [0, 0.1) is 6.92 Å². The van der Waals surface area contributed by atoms with Crippen molar-refractivity contribution in [1.29, 1.82) is 0 Å². The molecule has 184 valence electrons. The number of aryl methyl sites for hydroxylation is 1. The van der Waals surface area contributed by atoms with Crippen LogP contribution in [0.4, 0.5) is 5.69 Å². The molecule has 0 bridgehead atoms. The van der Waals surface area contributed by atoms with Gasteiger partial charge in [0.15, 0.2) is 11.0 Å². The van der Waals surface area contributed by atoms with E-state index in [9.17, 15) is 4.79 Å². The first-order chi connectivity index (χ1) is 17.4. The molecule has 4 rings (SSSR count). The summed E-state index contributed by atoms with van der Waals surface area (Å²) in [5.41, 5.74) is 6.40. The summed E-state index contributed by atoms with van der Waals surface area (Å²) in [6, 6.07) is 23.2. The summed E-state index contributed by atoms with van der Waals surface area (Å²) in [5, 5.41) is 17.2. The summed E-state index contributed by atoms with van der Waals surface area (Å²) in [6.45, 7) is 4.26. The number of anilines is 1. The first-order valence-electron chi connectivity index (χ1n) is 11.2. The van der Waals surface area contributed by atoms with E-state index in [1.54, 1.807) is 6.21 Å². The summed E-state index contributed by atoms with van der Waals surface area (Å²) in [7, 11) is 0. The van der Waals surface area contributed by atoms with E-state index in [-0.39, 0.29) is 5.91 Å². The fourth-order valence-corrected chi connectivity index (χ4v) is 4.91. The molecule has 1 atom stereocenters. The Hall–Kier alpha value is -3.14. The molecule has 0 aliphatic rings. The third-order valence-electron chi connectivity index (χ3n) is 5.23. The summed E-state index contributed by atoms with van der Waals surface area (Å²) >= 11 is 10.8. The van der Waals surface area contributed by atoms with Crippen LogP contribution in [0.1, 0.15) is 23.9 Å². The van der Waals surface area contributed by atoms with Crippen molar-refractivity contribution in [1.82, 2.24) is 20.2 Å². The van der Waals surface area contributed by atoms with Gasteiger partial charge in [0, 0.05) is 20.9 Å². The maximum Gasteiger partial charge on any atom is 0.253 e. The lowest BCUT2D eigenvalue weighted by Gasteiger charge is -2.14. The zero-order chi connectivity index (χ0) is 25.5. The highest BCUT2D eigenvalue weighted by Crippen LogP contribution is 2.27. The monoisotopic (exact) mass is 582 g/mol. The van der Waals surface area contributed by atoms with Crippen molar-refractivity contribution in [2.45, 2.75) is 30.8 Å². The Kier molecular flexibility index (Phi) is 8.79. The Bertz CT molecular complexity index is 1380. The van der Waals surface area contributed by atoms with E-state index < -0.39 is 5.25 Å². The third-order valence-corrected chi connectivity index (χ3v) is 7.00. The standard InChI is InChI=1S/C26H24BrClN6OS/c1-17-13-21(28)11-12-23(17)29-16-24-31-33-26(34(24)22-9-4-3-5-10-22)36-18(2)25(35)32-30-15-19-7-6-8-20(27)14-19/h3-15,18,29H,16H2,1-2H3,(H,32,35)/b30-15-/t18-/m1/s1. The maximum absolute atomic E-state index is 12.7. The van der Waals surface area contributed by atoms with E-state index in [2.05, 4.69) is 42.0 Å². The number of amides is 1. The highest BCUT2D eigenvalue weighted by atomic mass is 79.9. The zero-order valence-corrected chi connectivity index (χ0v) is 22.8. The highest BCUT2D eigenvalue weighted by Gasteiger charge is 2.21. The van der Waals surface area contributed by atoms with Crippen molar-refractivity contribution in [3.05, 3.63) is 99.2 Å². The van der Waals surface area contributed by atoms with Crippen molar-refractivity contribution in [3.8, 4) is 5.69 Å². The van der Waals surface area contributed by atoms with Crippen LogP contribution in [-0.2, 0) is 11.3 Å². The predicted octanol–water partition coefficient (Wildman–Crippen LogP) is 6.23. The van der Waals surface area contributed by atoms with E-state index >= 15 is 0 Å². The molecule has 36 heavy (non-hydrogen) atoms. The van der Waals surface area contributed by atoms with Crippen LogP contribution in [0.25, 0.3) is 5.69 Å². The molecule has 0 fully saturated rings. The fraction of sp³-hybridized carbons (Fsp3) is 0.154. The zero-order valence-electron chi connectivity index (χ0n) is 19.7. The van der Waals surface area contributed by atoms with Gasteiger partial charge in [-0.3, -0.25) is 9.36 Å². The lowest BCUT2D eigenvalue weighted by atomic mass is 10.2. The minimum Gasteiger partial charge on any atom is -0.378 e. The molecule has 0 radical (unpaired) electrons. The molecule has 0 aliphatic carbocycles. The number of para-hydroxylation sites is 1. The second-order valence-electron chi connectivity index (χ2n) is 7.93. The van der Waals surface area contributed by atoms with Gasteiger partial charge in [0.05, 0.1) is 18.0 Å². The molecule has 2 N–H and O–H groups in total. The molecule has 0 saturated carbocycles. The minimum absolute atomic E-state index is 0.231. The van der Waals surface area contributed by atoms with Gasteiger partial charge in [0.2, 0.25) is 0 Å². The first-order valence-corrected chi connectivity index (χ1v) is 13.2. The van der Waals surface area contributed by atoms with E-state index in [4.69, 9.17) is 11.6 Å². The maximum atomic E-state index is 12.7. The lowest BCUT2D eigenvalue weighted by Crippen LogP contribution is -2.27. The van der Waals surface area contributed by atoms with Crippen molar-refractivity contribution in [3.63, 3.8) is 0 Å². The number of carbonyl (C=O) groups excluding carboxylic acids is 1. The van der Waals surface area contributed by atoms with Crippen molar-refractivity contribution in [2.75, 3.05) is 5.32 Å². The topological polar surface area (TPSA) is 84.2 Å². The number of halogens is 2. The van der Waals surface area contributed by atoms with Crippen LogP contribution < -0.4 is 10.7 Å². The molecule has 0 unspecified atom stereocenters. The number of carbonyl (C=O) groups is 1. The molecule has 0 spiro atoms. The largest absolute Gasteiger partial charge is 0.378 e. The SMILES string of the molecule is Cc1cc(Cl)ccc1NCc1nnc(S[C@H](C)C(=O)N/N=C\c2cccc(Br)c2)n1-c1ccccc1. The van der Waals surface area contributed by atoms with Crippen molar-refractivity contribution >= 4 is 57.1 Å². The molecule has 1 amide bonds. The van der Waals surface area contributed by atoms with E-state index in [0.717, 1.165) is 32.8 Å². The van der Waals surface area contributed by atoms with Crippen LogP contribution in [0.2, 0.25) is 5.02 Å². The van der Waals surface area contributed by atoms with Gasteiger partial charge in [-0.05, 0) is 67.4 Å². The van der Waals surface area contributed by atoms with E-state index in [1.165, 1.54) is 11.8 Å². The van der Waals surface area contributed by atoms with Gasteiger partial charge in [0.1, 0.15) is 0 Å². The molecular weight excluding hydrogens is 560 g/mol. The molecule has 0 aliphatic heterocycles. The molecular formula is C26H24BrClN6OS. The fourth-order valence-electron chi connectivity index (χ4n) is 3.39. The predicted molar refractivity (Wildman–Crippen MR) is 150 cm³/mol. The molecule has 7 nitrogen and oxygen atoms in total. The smallest absolute Gasteiger partial charge is 0.253 e. The highest BCUT2D eigenvalue weighted by molar-refractivity contribution is 9.10. The molecule has 1 aromatic heterocycles. The number of thioether (sulfide) groups is 1. The van der Waals surface area contributed by atoms with Gasteiger partial charge >= 0.3 is 0 Å². The number of nitrogens with zero attached hydrogens (tertiary/aromatic N) is 4. The van der Waals surface area contributed by atoms with Gasteiger partial charge in [-0.2, -0.15) is 5.10 Å². The number of aromatic nitrogens is 3. The number of hydrogen-bond donors (Lipinski definition) is 2. The summed E-state index contributed by atoms with van der Waals surface area (Å²) in [4.78, 5) is 12.7. The van der Waals surface area contributed by atoms with Crippen LogP contribution >= 0.6 is 39.3 Å². The van der Waals surface area contributed by atoms with E-state index in [1.807, 2.05) is 91.2 Å². The van der Waals surface area contributed by atoms with Crippen LogP contribution in [0.3, 0.4) is 0 Å². The van der Waals surface area contributed by atoms with Gasteiger partial charge in [-0.25, -0.2) is 5.43 Å². The third kappa shape index (κ3) is 6.75. The van der Waals surface area contributed by atoms with Gasteiger partial charge in [0.25, 0.3) is 5.91 Å². The summed E-state index contributed by atoms with van der Waals surface area (Å²) in [5.74, 6) is 0.489. The first kappa shape index (κ1) is 25.9. The van der Waals surface area contributed by atoms with Crippen LogP contribution in [-0.4, -0.2) is 32.1 Å². The molecule has 0 saturated heterocycles. The normalized spacial score (nSPS) is 12.0. The van der Waals surface area contributed by atoms with Gasteiger partial charge in [-0.15, -0.1) is 10.2 Å². The molecule has 10 heteroatoms. The lowest BCUT2D eigenvalue weighted by molar-refractivity contribution is -0.120. The number of benzene rings is 3. The average Bonchev–Trinajstić information content (AvgIpc) is 3.26. The Morgan fingerprint density at radius 2 is 1.94 bits per heavy atom. The quantitative estimate of drug-likeness (QED) is 0.139. The minimum atomic E-state index is -0.448. The second-order valence-corrected chi connectivity index (χ2v) is 10.6. The Morgan fingerprint density at radius 1 is 1.14 bits per heavy atom. The van der Waals surface area contributed by atoms with Crippen LogP contribution in [0.15, 0.2) is 87.5 Å². The molecule has 4 aromatic rings. The van der Waals surface area contributed by atoms with Gasteiger partial charge in [-0.1, -0.05) is 69.6 Å². The Labute approximate surface area is 227 Å². The van der Waals surface area contributed by atoms with Gasteiger partial charge < -0.3 is 5.32 Å². The number of rotatable bonds is 9. The number of nitrogens with one attached hydrogen (secondary N) is 2. The second kappa shape index (κ2) is 12.2. The van der Waals surface area contributed by atoms with Crippen LogP contribution in [0.5, 0.6) is 0 Å². The average molecular weight is 584 g/mol. The summed E-state index contributed by atoms with van der Waals surface area (Å²) < 4.78 is 2.90. The number of hydrogen-bond acceptors (Lipinski definition) is 6. The van der Waals surface area contributed by atoms with Crippen molar-refractivity contribution < 1.29 is 4.79 Å². The number of hydrazone groups is 1.